The van der Waals surface area contributed by atoms with Crippen molar-refractivity contribution in [2.75, 3.05) is 0 Å². The van der Waals surface area contributed by atoms with Gasteiger partial charge in [-0.15, -0.1) is 11.3 Å². The average molecular weight is 292 g/mol. The molecule has 1 N–H and O–H groups in total. The van der Waals surface area contributed by atoms with Crippen LogP contribution >= 0.6 is 23.6 Å². The highest BCUT2D eigenvalue weighted by Gasteiger charge is 2.09. The van der Waals surface area contributed by atoms with Crippen LogP contribution in [0.2, 0.25) is 0 Å². The quantitative estimate of drug-likeness (QED) is 0.696. The molecule has 0 radical (unpaired) electrons. The van der Waals surface area contributed by atoms with Crippen LogP contribution in [0.5, 0.6) is 0 Å². The van der Waals surface area contributed by atoms with Gasteiger partial charge in [-0.25, -0.2) is 4.39 Å². The van der Waals surface area contributed by atoms with Crippen LogP contribution in [0.15, 0.2) is 34.4 Å². The van der Waals surface area contributed by atoms with Crippen LogP contribution in [0, 0.1) is 17.5 Å². The number of nitrogens with one attached hydrogen (secondary N) is 1. The number of H-pyrrole nitrogens is 1. The van der Waals surface area contributed by atoms with Gasteiger partial charge in [0, 0.05) is 0 Å². The number of hydrogen-bond acceptors (Lipinski definition) is 3. The number of hydrogen-bond donors (Lipinski definition) is 1. The van der Waals surface area contributed by atoms with E-state index < -0.39 is 0 Å². The van der Waals surface area contributed by atoms with Gasteiger partial charge in [-0.3, -0.25) is 9.36 Å². The Bertz CT molecular complexity index is 871. The number of aromatic nitrogens is 2. The molecule has 96 valence electrons. The lowest BCUT2D eigenvalue weighted by Gasteiger charge is -2.07. The highest BCUT2D eigenvalue weighted by Crippen LogP contribution is 2.17. The summed E-state index contributed by atoms with van der Waals surface area (Å²) in [6, 6.07) is 6.24. The molecule has 6 heteroatoms. The van der Waals surface area contributed by atoms with E-state index >= 15 is 0 Å². The van der Waals surface area contributed by atoms with Crippen molar-refractivity contribution in [2.24, 2.45) is 0 Å². The maximum Gasteiger partial charge on any atom is 0.276 e. The summed E-state index contributed by atoms with van der Waals surface area (Å²) in [6.45, 7) is 1.77. The van der Waals surface area contributed by atoms with Crippen molar-refractivity contribution in [3.63, 3.8) is 0 Å². The summed E-state index contributed by atoms with van der Waals surface area (Å²) in [5.41, 5.74) is 1.67. The van der Waals surface area contributed by atoms with Crippen LogP contribution in [-0.4, -0.2) is 9.55 Å². The molecule has 0 saturated carbocycles. The number of benzene rings is 1. The van der Waals surface area contributed by atoms with Gasteiger partial charge in [0.25, 0.3) is 5.56 Å². The maximum atomic E-state index is 13.5. The molecule has 3 rings (SSSR count). The summed E-state index contributed by atoms with van der Waals surface area (Å²) in [5.74, 6) is -0.387. The molecule has 3 aromatic rings. The second-order valence-corrected chi connectivity index (χ2v) is 5.52. The first-order valence-electron chi connectivity index (χ1n) is 5.56. The van der Waals surface area contributed by atoms with Crippen molar-refractivity contribution in [3.8, 4) is 5.69 Å². The highest BCUT2D eigenvalue weighted by atomic mass is 32.1. The summed E-state index contributed by atoms with van der Waals surface area (Å²) in [5, 5.41) is 1.82. The molecular weight excluding hydrogens is 283 g/mol. The Balaban J connectivity index is 2.42. The first-order chi connectivity index (χ1) is 9.06. The Kier molecular flexibility index (Phi) is 2.83. The minimum Gasteiger partial charge on any atom is -0.331 e. The Morgan fingerprint density at radius 1 is 1.37 bits per heavy atom. The second-order valence-electron chi connectivity index (χ2n) is 4.22. The van der Waals surface area contributed by atoms with Gasteiger partial charge in [-0.1, -0.05) is 0 Å². The van der Waals surface area contributed by atoms with Crippen molar-refractivity contribution in [1.29, 1.82) is 0 Å². The van der Waals surface area contributed by atoms with E-state index in [9.17, 15) is 9.18 Å². The number of aromatic amines is 1. The highest BCUT2D eigenvalue weighted by molar-refractivity contribution is 7.71. The SMILES string of the molecule is Cc1cc(F)cc(-n2c(=S)[nH]c3ccsc3c2=O)c1. The number of thiophene rings is 1. The topological polar surface area (TPSA) is 37.8 Å². The van der Waals surface area contributed by atoms with Gasteiger partial charge in [0.05, 0.1) is 11.2 Å². The fraction of sp³-hybridized carbons (Fsp3) is 0.0769. The smallest absolute Gasteiger partial charge is 0.276 e. The third-order valence-corrected chi connectivity index (χ3v) is 3.98. The number of aryl methyl sites for hydroxylation is 1. The van der Waals surface area contributed by atoms with Crippen LogP contribution in [0.25, 0.3) is 15.9 Å². The van der Waals surface area contributed by atoms with Gasteiger partial charge >= 0.3 is 0 Å². The van der Waals surface area contributed by atoms with E-state index in [4.69, 9.17) is 12.2 Å². The lowest BCUT2D eigenvalue weighted by Crippen LogP contribution is -2.19. The normalized spacial score (nSPS) is 11.1. The van der Waals surface area contributed by atoms with E-state index in [-0.39, 0.29) is 16.1 Å². The van der Waals surface area contributed by atoms with E-state index in [1.165, 1.54) is 28.0 Å². The molecule has 0 spiro atoms. The van der Waals surface area contributed by atoms with Crippen LogP contribution < -0.4 is 5.56 Å². The van der Waals surface area contributed by atoms with Gasteiger partial charge in [0.2, 0.25) is 0 Å². The monoisotopic (exact) mass is 292 g/mol. The predicted octanol–water partition coefficient (Wildman–Crippen LogP) is 3.56. The summed E-state index contributed by atoms with van der Waals surface area (Å²) >= 11 is 6.53. The van der Waals surface area contributed by atoms with Crippen LogP contribution in [0.1, 0.15) is 5.56 Å². The molecule has 0 aliphatic heterocycles. The van der Waals surface area contributed by atoms with E-state index in [0.29, 0.717) is 15.9 Å². The zero-order valence-electron chi connectivity index (χ0n) is 9.94. The van der Waals surface area contributed by atoms with E-state index in [2.05, 4.69) is 4.98 Å². The molecule has 0 atom stereocenters. The molecule has 0 bridgehead atoms. The molecule has 2 aromatic heterocycles. The van der Waals surface area contributed by atoms with Gasteiger partial charge < -0.3 is 4.98 Å². The van der Waals surface area contributed by atoms with Crippen molar-refractivity contribution in [2.45, 2.75) is 6.92 Å². The van der Waals surface area contributed by atoms with Gasteiger partial charge in [-0.2, -0.15) is 0 Å². The van der Waals surface area contributed by atoms with Gasteiger partial charge in [0.15, 0.2) is 4.77 Å². The van der Waals surface area contributed by atoms with Crippen molar-refractivity contribution in [3.05, 3.63) is 56.2 Å². The largest absolute Gasteiger partial charge is 0.331 e. The molecule has 2 heterocycles. The van der Waals surface area contributed by atoms with E-state index in [1.54, 1.807) is 19.1 Å². The summed E-state index contributed by atoms with van der Waals surface area (Å²) < 4.78 is 15.6. The molecule has 1 aromatic carbocycles. The van der Waals surface area contributed by atoms with Crippen LogP contribution in [0.4, 0.5) is 4.39 Å². The Morgan fingerprint density at radius 2 is 2.16 bits per heavy atom. The van der Waals surface area contributed by atoms with Crippen LogP contribution in [-0.2, 0) is 0 Å². The number of halogens is 1. The van der Waals surface area contributed by atoms with Crippen molar-refractivity contribution < 1.29 is 4.39 Å². The lowest BCUT2D eigenvalue weighted by atomic mass is 10.2. The third kappa shape index (κ3) is 2.02. The first-order valence-corrected chi connectivity index (χ1v) is 6.85. The third-order valence-electron chi connectivity index (χ3n) is 2.79. The molecule has 0 aliphatic carbocycles. The summed E-state index contributed by atoms with van der Waals surface area (Å²) in [6.07, 6.45) is 0. The first kappa shape index (κ1) is 12.3. The van der Waals surface area contributed by atoms with E-state index in [0.717, 1.165) is 5.56 Å². The zero-order chi connectivity index (χ0) is 13.6. The second kappa shape index (κ2) is 4.40. The number of rotatable bonds is 1. The molecule has 0 amide bonds. The van der Waals surface area contributed by atoms with Crippen molar-refractivity contribution >= 4 is 33.8 Å². The van der Waals surface area contributed by atoms with Gasteiger partial charge in [-0.05, 0) is 54.4 Å². The lowest BCUT2D eigenvalue weighted by molar-refractivity contribution is 0.625. The van der Waals surface area contributed by atoms with Gasteiger partial charge in [0.1, 0.15) is 10.5 Å². The minimum atomic E-state index is -0.387. The predicted molar refractivity (Wildman–Crippen MR) is 77.3 cm³/mol. The number of fused-ring (bicyclic) bond motifs is 1. The maximum absolute atomic E-state index is 13.5. The fourth-order valence-corrected chi connectivity index (χ4v) is 3.10. The van der Waals surface area contributed by atoms with E-state index in [1.807, 2.05) is 5.38 Å². The number of nitrogens with zero attached hydrogens (tertiary/aromatic N) is 1. The Labute approximate surface area is 117 Å². The molecule has 0 fully saturated rings. The Hall–Kier alpha value is -1.79. The molecule has 3 nitrogen and oxygen atoms in total. The van der Waals surface area contributed by atoms with Crippen molar-refractivity contribution in [1.82, 2.24) is 9.55 Å². The fourth-order valence-electron chi connectivity index (χ4n) is 2.02. The minimum absolute atomic E-state index is 0.223. The van der Waals surface area contributed by atoms with Crippen LogP contribution in [0.3, 0.4) is 0 Å². The zero-order valence-corrected chi connectivity index (χ0v) is 11.6. The molecular formula is C13H9FN2OS2. The summed E-state index contributed by atoms with van der Waals surface area (Å²) in [4.78, 5) is 15.4. The molecule has 19 heavy (non-hydrogen) atoms. The molecule has 0 unspecified atom stereocenters. The standard InChI is InChI=1S/C13H9FN2OS2/c1-7-4-8(14)6-9(5-7)16-12(17)11-10(2-3-19-11)15-13(16)18/h2-6H,1H3,(H,15,18). The molecule has 0 saturated heterocycles. The molecule has 0 aliphatic rings. The summed E-state index contributed by atoms with van der Waals surface area (Å²) in [7, 11) is 0. The Morgan fingerprint density at radius 3 is 2.89 bits per heavy atom. The average Bonchev–Trinajstić information content (AvgIpc) is 2.75.